The van der Waals surface area contributed by atoms with Gasteiger partial charge in [-0.25, -0.2) is 4.79 Å². The topological polar surface area (TPSA) is 70.5 Å². The molecule has 5 heteroatoms. The van der Waals surface area contributed by atoms with Crippen LogP contribution in [0.3, 0.4) is 0 Å². The number of rotatable bonds is 2. The number of pyridine rings is 1. The molecule has 0 atom stereocenters. The molecule has 0 radical (unpaired) electrons. The molecule has 96 valence electrons. The summed E-state index contributed by atoms with van der Waals surface area (Å²) in [5.41, 5.74) is 0.399. The summed E-state index contributed by atoms with van der Waals surface area (Å²) in [7, 11) is 0. The number of carbonyl (C=O) groups excluding carboxylic acids is 1. The van der Waals surface area contributed by atoms with Crippen LogP contribution in [0.15, 0.2) is 18.5 Å². The highest BCUT2D eigenvalue weighted by atomic mass is 16.4. The van der Waals surface area contributed by atoms with E-state index in [4.69, 9.17) is 5.11 Å². The second-order valence-electron chi connectivity index (χ2n) is 4.74. The zero-order valence-corrected chi connectivity index (χ0v) is 10.3. The van der Waals surface area contributed by atoms with E-state index in [-0.39, 0.29) is 11.5 Å². The van der Waals surface area contributed by atoms with Crippen LogP contribution < -0.4 is 0 Å². The Morgan fingerprint density at radius 1 is 1.28 bits per heavy atom. The number of hydrogen-bond donors (Lipinski definition) is 1. The van der Waals surface area contributed by atoms with E-state index in [1.54, 1.807) is 4.90 Å². The fourth-order valence-corrected chi connectivity index (χ4v) is 2.07. The minimum absolute atomic E-state index is 0.0474. The van der Waals surface area contributed by atoms with Gasteiger partial charge in [0.1, 0.15) is 0 Å². The van der Waals surface area contributed by atoms with Crippen LogP contribution in [-0.2, 0) is 0 Å². The summed E-state index contributed by atoms with van der Waals surface area (Å²) in [6.45, 7) is 3.64. The summed E-state index contributed by atoms with van der Waals surface area (Å²) in [4.78, 5) is 28.6. The van der Waals surface area contributed by atoms with Crippen molar-refractivity contribution in [3.63, 3.8) is 0 Å². The van der Waals surface area contributed by atoms with Gasteiger partial charge in [0.25, 0.3) is 5.91 Å². The molecular formula is C13H16N2O3. The molecule has 0 unspecified atom stereocenters. The third-order valence-electron chi connectivity index (χ3n) is 3.30. The number of amides is 1. The first-order valence-corrected chi connectivity index (χ1v) is 6.05. The minimum Gasteiger partial charge on any atom is -0.478 e. The molecule has 0 saturated carbocycles. The van der Waals surface area contributed by atoms with E-state index in [9.17, 15) is 9.59 Å². The maximum atomic E-state index is 12.2. The molecule has 0 spiro atoms. The van der Waals surface area contributed by atoms with Crippen LogP contribution in [0.1, 0.15) is 40.5 Å². The van der Waals surface area contributed by atoms with E-state index in [2.05, 4.69) is 11.9 Å². The summed E-state index contributed by atoms with van der Waals surface area (Å²) >= 11 is 0. The van der Waals surface area contributed by atoms with Gasteiger partial charge in [0.2, 0.25) is 0 Å². The van der Waals surface area contributed by atoms with Crippen molar-refractivity contribution in [2.45, 2.75) is 19.8 Å². The lowest BCUT2D eigenvalue weighted by Crippen LogP contribution is -2.38. The Kier molecular flexibility index (Phi) is 3.60. The number of piperidine rings is 1. The summed E-state index contributed by atoms with van der Waals surface area (Å²) in [6.07, 6.45) is 4.67. The Labute approximate surface area is 105 Å². The smallest absolute Gasteiger partial charge is 0.337 e. The molecule has 2 heterocycles. The van der Waals surface area contributed by atoms with Crippen molar-refractivity contribution in [2.24, 2.45) is 5.92 Å². The van der Waals surface area contributed by atoms with Crippen molar-refractivity contribution in [1.82, 2.24) is 9.88 Å². The summed E-state index contributed by atoms with van der Waals surface area (Å²) < 4.78 is 0. The summed E-state index contributed by atoms with van der Waals surface area (Å²) in [6, 6.07) is 1.38. The Morgan fingerprint density at radius 3 is 2.50 bits per heavy atom. The first-order valence-electron chi connectivity index (χ1n) is 6.05. The van der Waals surface area contributed by atoms with Gasteiger partial charge < -0.3 is 10.0 Å². The van der Waals surface area contributed by atoms with Crippen molar-refractivity contribution in [2.75, 3.05) is 13.1 Å². The molecule has 1 amide bonds. The maximum Gasteiger partial charge on any atom is 0.337 e. The standard InChI is InChI=1S/C13H16N2O3/c1-9-2-4-15(5-3-9)12(16)10-6-11(13(17)18)8-14-7-10/h6-9H,2-5H2,1H3,(H,17,18). The van der Waals surface area contributed by atoms with Crippen molar-refractivity contribution in [3.8, 4) is 0 Å². The number of aromatic nitrogens is 1. The zero-order chi connectivity index (χ0) is 13.1. The third-order valence-corrected chi connectivity index (χ3v) is 3.30. The summed E-state index contributed by atoms with van der Waals surface area (Å²) in [5.74, 6) is -0.542. The lowest BCUT2D eigenvalue weighted by atomic mass is 9.99. The first-order chi connectivity index (χ1) is 8.58. The number of carboxylic acid groups (broad SMARTS) is 1. The maximum absolute atomic E-state index is 12.2. The molecule has 0 aromatic carbocycles. The lowest BCUT2D eigenvalue weighted by Gasteiger charge is -2.30. The number of hydrogen-bond acceptors (Lipinski definition) is 3. The van der Waals surface area contributed by atoms with Gasteiger partial charge in [-0.15, -0.1) is 0 Å². The number of likely N-dealkylation sites (tertiary alicyclic amines) is 1. The molecule has 1 N–H and O–H groups in total. The number of carboxylic acids is 1. The van der Waals surface area contributed by atoms with Crippen LogP contribution in [0.4, 0.5) is 0 Å². The molecule has 0 bridgehead atoms. The van der Waals surface area contributed by atoms with Gasteiger partial charge in [-0.1, -0.05) is 6.92 Å². The Morgan fingerprint density at radius 2 is 1.89 bits per heavy atom. The zero-order valence-electron chi connectivity index (χ0n) is 10.3. The lowest BCUT2D eigenvalue weighted by molar-refractivity contribution is 0.0696. The fourth-order valence-electron chi connectivity index (χ4n) is 2.07. The molecular weight excluding hydrogens is 232 g/mol. The molecule has 1 saturated heterocycles. The molecule has 18 heavy (non-hydrogen) atoms. The average Bonchev–Trinajstić information content (AvgIpc) is 2.39. The predicted molar refractivity (Wildman–Crippen MR) is 65.5 cm³/mol. The number of nitrogens with zero attached hydrogens (tertiary/aromatic N) is 2. The Bertz CT molecular complexity index is 465. The number of carbonyl (C=O) groups is 2. The van der Waals surface area contributed by atoms with E-state index in [1.165, 1.54) is 18.5 Å². The second kappa shape index (κ2) is 5.16. The van der Waals surface area contributed by atoms with Gasteiger partial charge in [0.15, 0.2) is 0 Å². The average molecular weight is 248 g/mol. The highest BCUT2D eigenvalue weighted by molar-refractivity contribution is 5.97. The highest BCUT2D eigenvalue weighted by Gasteiger charge is 2.22. The van der Waals surface area contributed by atoms with Crippen LogP contribution in [-0.4, -0.2) is 40.0 Å². The van der Waals surface area contributed by atoms with Crippen LogP contribution >= 0.6 is 0 Å². The van der Waals surface area contributed by atoms with Gasteiger partial charge in [-0.2, -0.15) is 0 Å². The Balaban J connectivity index is 2.13. The fraction of sp³-hybridized carbons (Fsp3) is 0.462. The molecule has 0 aliphatic carbocycles. The van der Waals surface area contributed by atoms with Crippen LogP contribution in [0.5, 0.6) is 0 Å². The van der Waals surface area contributed by atoms with Crippen LogP contribution in [0.2, 0.25) is 0 Å². The molecule has 1 aromatic heterocycles. The highest BCUT2D eigenvalue weighted by Crippen LogP contribution is 2.18. The normalized spacial score (nSPS) is 16.6. The Hall–Kier alpha value is -1.91. The SMILES string of the molecule is CC1CCN(C(=O)c2cncc(C(=O)O)c2)CC1. The number of aromatic carboxylic acids is 1. The molecule has 2 rings (SSSR count). The monoisotopic (exact) mass is 248 g/mol. The van der Waals surface area contributed by atoms with Gasteiger partial charge in [0.05, 0.1) is 11.1 Å². The van der Waals surface area contributed by atoms with Gasteiger partial charge in [-0.05, 0) is 24.8 Å². The van der Waals surface area contributed by atoms with Crippen molar-refractivity contribution < 1.29 is 14.7 Å². The van der Waals surface area contributed by atoms with E-state index in [1.807, 2.05) is 0 Å². The van der Waals surface area contributed by atoms with Crippen molar-refractivity contribution in [1.29, 1.82) is 0 Å². The molecule has 1 aromatic rings. The van der Waals surface area contributed by atoms with Gasteiger partial charge in [-0.3, -0.25) is 9.78 Å². The van der Waals surface area contributed by atoms with Gasteiger partial charge in [0, 0.05) is 25.5 Å². The molecule has 1 aliphatic heterocycles. The molecule has 5 nitrogen and oxygen atoms in total. The van der Waals surface area contributed by atoms with Crippen LogP contribution in [0.25, 0.3) is 0 Å². The first kappa shape index (κ1) is 12.5. The largest absolute Gasteiger partial charge is 0.478 e. The second-order valence-corrected chi connectivity index (χ2v) is 4.74. The molecule has 1 aliphatic rings. The minimum atomic E-state index is -1.07. The van der Waals surface area contributed by atoms with E-state index >= 15 is 0 Å². The van der Waals surface area contributed by atoms with Crippen molar-refractivity contribution in [3.05, 3.63) is 29.6 Å². The summed E-state index contributed by atoms with van der Waals surface area (Å²) in [5, 5.41) is 8.87. The third kappa shape index (κ3) is 2.67. The van der Waals surface area contributed by atoms with Crippen LogP contribution in [0, 0.1) is 5.92 Å². The predicted octanol–water partition coefficient (Wildman–Crippen LogP) is 1.65. The molecule has 1 fully saturated rings. The van der Waals surface area contributed by atoms with E-state index in [0.717, 1.165) is 25.9 Å². The van der Waals surface area contributed by atoms with E-state index < -0.39 is 5.97 Å². The van der Waals surface area contributed by atoms with Crippen molar-refractivity contribution >= 4 is 11.9 Å². The van der Waals surface area contributed by atoms with E-state index in [0.29, 0.717) is 11.5 Å². The van der Waals surface area contributed by atoms with Gasteiger partial charge >= 0.3 is 5.97 Å². The quantitative estimate of drug-likeness (QED) is 0.864.